The van der Waals surface area contributed by atoms with Gasteiger partial charge in [-0.05, 0) is 17.7 Å². The molecule has 0 unspecified atom stereocenters. The van der Waals surface area contributed by atoms with E-state index >= 15 is 0 Å². The van der Waals surface area contributed by atoms with Crippen molar-refractivity contribution in [2.45, 2.75) is 12.3 Å². The van der Waals surface area contributed by atoms with Crippen LogP contribution < -0.4 is 5.32 Å². The number of hydrogen-bond acceptors (Lipinski definition) is 3. The number of rotatable bonds is 6. The fraction of sp³-hybridized carbons (Fsp3) is 0.231. The van der Waals surface area contributed by atoms with Crippen molar-refractivity contribution >= 4 is 29.3 Å². The van der Waals surface area contributed by atoms with Gasteiger partial charge in [0.1, 0.15) is 5.82 Å². The van der Waals surface area contributed by atoms with Crippen molar-refractivity contribution in [3.05, 3.63) is 53.1 Å². The number of nitrogens with zero attached hydrogens (tertiary/aromatic N) is 1. The van der Waals surface area contributed by atoms with Crippen molar-refractivity contribution in [1.82, 2.24) is 15.3 Å². The van der Waals surface area contributed by atoms with Crippen LogP contribution in [-0.2, 0) is 17.1 Å². The van der Waals surface area contributed by atoms with Crippen LogP contribution in [0.3, 0.4) is 0 Å². The molecule has 0 atom stereocenters. The van der Waals surface area contributed by atoms with Crippen molar-refractivity contribution in [2.24, 2.45) is 0 Å². The number of aromatic nitrogens is 2. The maximum absolute atomic E-state index is 11.6. The minimum atomic E-state index is 0.00317. The molecule has 0 radical (unpaired) electrons. The molecule has 2 N–H and O–H groups in total. The number of aromatic amines is 1. The summed E-state index contributed by atoms with van der Waals surface area (Å²) in [6.07, 6.45) is 3.39. The lowest BCUT2D eigenvalue weighted by atomic mass is 10.2. The Labute approximate surface area is 121 Å². The van der Waals surface area contributed by atoms with Crippen molar-refractivity contribution < 1.29 is 4.79 Å². The number of carbonyl (C=O) groups excluding carboxylic acids is 1. The Hall–Kier alpha value is -1.46. The second kappa shape index (κ2) is 7.21. The molecule has 0 aliphatic rings. The Morgan fingerprint density at radius 3 is 3.11 bits per heavy atom. The predicted molar refractivity (Wildman–Crippen MR) is 78.0 cm³/mol. The van der Waals surface area contributed by atoms with E-state index in [1.165, 1.54) is 0 Å². The van der Waals surface area contributed by atoms with Gasteiger partial charge in [0.2, 0.25) is 5.91 Å². The Morgan fingerprint density at radius 2 is 2.37 bits per heavy atom. The minimum Gasteiger partial charge on any atom is -0.348 e. The van der Waals surface area contributed by atoms with Gasteiger partial charge in [-0.25, -0.2) is 4.98 Å². The van der Waals surface area contributed by atoms with Gasteiger partial charge in [-0.3, -0.25) is 4.79 Å². The minimum absolute atomic E-state index is 0.00317. The second-order valence-electron chi connectivity index (χ2n) is 3.94. The van der Waals surface area contributed by atoms with E-state index in [1.54, 1.807) is 24.2 Å². The van der Waals surface area contributed by atoms with Gasteiger partial charge >= 0.3 is 0 Å². The number of nitrogens with one attached hydrogen (secondary N) is 2. The summed E-state index contributed by atoms with van der Waals surface area (Å²) in [5.74, 6) is 1.96. The standard InChI is InChI=1S/C13H14ClN3OS/c14-11-3-1-2-10(6-11)8-19-9-13(18)17-7-12-15-4-5-16-12/h1-6H,7-9H2,(H,15,16)(H,17,18). The summed E-state index contributed by atoms with van der Waals surface area (Å²) in [5.41, 5.74) is 1.12. The molecular formula is C13H14ClN3OS. The van der Waals surface area contributed by atoms with E-state index in [0.717, 1.165) is 22.2 Å². The van der Waals surface area contributed by atoms with E-state index in [2.05, 4.69) is 15.3 Å². The number of carbonyl (C=O) groups is 1. The summed E-state index contributed by atoms with van der Waals surface area (Å²) < 4.78 is 0. The van der Waals surface area contributed by atoms with Crippen molar-refractivity contribution in [3.8, 4) is 0 Å². The Balaban J connectivity index is 1.66. The summed E-state index contributed by atoms with van der Waals surface area (Å²) in [6, 6.07) is 7.66. The molecule has 6 heteroatoms. The Kier molecular flexibility index (Phi) is 5.30. The third-order valence-corrected chi connectivity index (χ3v) is 3.64. The molecular weight excluding hydrogens is 282 g/mol. The maximum atomic E-state index is 11.6. The molecule has 0 aliphatic heterocycles. The van der Waals surface area contributed by atoms with Crippen LogP contribution in [0.15, 0.2) is 36.7 Å². The largest absolute Gasteiger partial charge is 0.348 e. The van der Waals surface area contributed by atoms with Gasteiger partial charge in [-0.15, -0.1) is 11.8 Å². The van der Waals surface area contributed by atoms with E-state index in [-0.39, 0.29) is 5.91 Å². The molecule has 4 nitrogen and oxygen atoms in total. The first-order valence-electron chi connectivity index (χ1n) is 5.81. The van der Waals surface area contributed by atoms with Gasteiger partial charge in [0.25, 0.3) is 0 Å². The fourth-order valence-electron chi connectivity index (χ4n) is 1.52. The van der Waals surface area contributed by atoms with Crippen LogP contribution in [0, 0.1) is 0 Å². The molecule has 0 aliphatic carbocycles. The Bertz CT molecular complexity index is 530. The zero-order valence-corrected chi connectivity index (χ0v) is 11.8. The summed E-state index contributed by atoms with van der Waals surface area (Å²) >= 11 is 7.45. The zero-order chi connectivity index (χ0) is 13.5. The van der Waals surface area contributed by atoms with Gasteiger partial charge < -0.3 is 10.3 Å². The topological polar surface area (TPSA) is 57.8 Å². The number of H-pyrrole nitrogens is 1. The van der Waals surface area contributed by atoms with Gasteiger partial charge in [0.15, 0.2) is 0 Å². The average Bonchev–Trinajstić information content (AvgIpc) is 2.89. The predicted octanol–water partition coefficient (Wildman–Crippen LogP) is 2.61. The first kappa shape index (κ1) is 14.0. The molecule has 1 aromatic carbocycles. The molecule has 0 saturated heterocycles. The molecule has 0 saturated carbocycles. The maximum Gasteiger partial charge on any atom is 0.230 e. The second-order valence-corrected chi connectivity index (χ2v) is 5.36. The smallest absolute Gasteiger partial charge is 0.230 e. The number of imidazole rings is 1. The lowest BCUT2D eigenvalue weighted by Crippen LogP contribution is -2.25. The van der Waals surface area contributed by atoms with Crippen LogP contribution in [0.5, 0.6) is 0 Å². The summed E-state index contributed by atoms with van der Waals surface area (Å²) in [5, 5.41) is 3.53. The van der Waals surface area contributed by atoms with Crippen LogP contribution >= 0.6 is 23.4 Å². The van der Waals surface area contributed by atoms with Crippen LogP contribution in [0.2, 0.25) is 5.02 Å². The van der Waals surface area contributed by atoms with Crippen LogP contribution in [-0.4, -0.2) is 21.6 Å². The highest BCUT2D eigenvalue weighted by Gasteiger charge is 2.03. The van der Waals surface area contributed by atoms with Crippen molar-refractivity contribution in [2.75, 3.05) is 5.75 Å². The monoisotopic (exact) mass is 295 g/mol. The summed E-state index contributed by atoms with van der Waals surface area (Å²) in [4.78, 5) is 18.6. The van der Waals surface area contributed by atoms with Crippen molar-refractivity contribution in [3.63, 3.8) is 0 Å². The zero-order valence-electron chi connectivity index (χ0n) is 10.2. The number of thioether (sulfide) groups is 1. The highest BCUT2D eigenvalue weighted by Crippen LogP contribution is 2.16. The number of amides is 1. The lowest BCUT2D eigenvalue weighted by molar-refractivity contribution is -0.118. The van der Waals surface area contributed by atoms with Crippen LogP contribution in [0.1, 0.15) is 11.4 Å². The number of benzene rings is 1. The number of halogens is 1. The lowest BCUT2D eigenvalue weighted by Gasteiger charge is -2.04. The first-order chi connectivity index (χ1) is 9.24. The number of hydrogen-bond donors (Lipinski definition) is 2. The molecule has 19 heavy (non-hydrogen) atoms. The average molecular weight is 296 g/mol. The van der Waals surface area contributed by atoms with E-state index in [0.29, 0.717) is 12.3 Å². The van der Waals surface area contributed by atoms with E-state index < -0.39 is 0 Å². The fourth-order valence-corrected chi connectivity index (χ4v) is 2.53. The first-order valence-corrected chi connectivity index (χ1v) is 7.34. The molecule has 1 aromatic heterocycles. The van der Waals surface area contributed by atoms with Gasteiger partial charge in [0.05, 0.1) is 12.3 Å². The SMILES string of the molecule is O=C(CSCc1cccc(Cl)c1)NCc1ncc[nH]1. The van der Waals surface area contributed by atoms with Gasteiger partial charge in [-0.2, -0.15) is 0 Å². The highest BCUT2D eigenvalue weighted by molar-refractivity contribution is 7.99. The quantitative estimate of drug-likeness (QED) is 0.861. The van der Waals surface area contributed by atoms with E-state index in [4.69, 9.17) is 11.6 Å². The molecule has 0 bridgehead atoms. The van der Waals surface area contributed by atoms with Crippen molar-refractivity contribution in [1.29, 1.82) is 0 Å². The summed E-state index contributed by atoms with van der Waals surface area (Å²) in [7, 11) is 0. The highest BCUT2D eigenvalue weighted by atomic mass is 35.5. The van der Waals surface area contributed by atoms with Crippen LogP contribution in [0.4, 0.5) is 0 Å². The third-order valence-electron chi connectivity index (χ3n) is 2.40. The molecule has 0 spiro atoms. The van der Waals surface area contributed by atoms with Crippen LogP contribution in [0.25, 0.3) is 0 Å². The third kappa shape index (κ3) is 4.96. The van der Waals surface area contributed by atoms with Gasteiger partial charge in [0, 0.05) is 23.2 Å². The summed E-state index contributed by atoms with van der Waals surface area (Å²) in [6.45, 7) is 0.434. The molecule has 100 valence electrons. The normalized spacial score (nSPS) is 10.4. The molecule has 1 amide bonds. The Morgan fingerprint density at radius 1 is 1.47 bits per heavy atom. The van der Waals surface area contributed by atoms with E-state index in [1.807, 2.05) is 24.3 Å². The van der Waals surface area contributed by atoms with E-state index in [9.17, 15) is 4.79 Å². The molecule has 0 fully saturated rings. The van der Waals surface area contributed by atoms with Gasteiger partial charge in [-0.1, -0.05) is 23.7 Å². The molecule has 2 rings (SSSR count). The molecule has 1 heterocycles. The molecule has 2 aromatic rings.